The van der Waals surface area contributed by atoms with E-state index < -0.39 is 0 Å². The smallest absolute Gasteiger partial charge is 0.185 e. The molecule has 0 bridgehead atoms. The zero-order valence-corrected chi connectivity index (χ0v) is 15.0. The molecular weight excluding hydrogens is 280 g/mol. The summed E-state index contributed by atoms with van der Waals surface area (Å²) in [5, 5.41) is 4.77. The van der Waals surface area contributed by atoms with Crippen molar-refractivity contribution < 1.29 is 0 Å². The molecule has 1 aliphatic heterocycles. The van der Waals surface area contributed by atoms with Crippen molar-refractivity contribution in [1.29, 1.82) is 0 Å². The highest BCUT2D eigenvalue weighted by Crippen LogP contribution is 2.32. The quantitative estimate of drug-likeness (QED) is 0.875. The molecule has 1 aliphatic rings. The number of anilines is 1. The zero-order chi connectivity index (χ0) is 15.4. The Hall–Kier alpha value is -0.650. The van der Waals surface area contributed by atoms with Gasteiger partial charge in [-0.15, -0.1) is 11.3 Å². The minimum absolute atomic E-state index is 0.518. The highest BCUT2D eigenvalue weighted by Gasteiger charge is 2.21. The number of nitrogens with one attached hydrogen (secondary N) is 1. The molecule has 1 atom stereocenters. The van der Waals surface area contributed by atoms with E-state index >= 15 is 0 Å². The highest BCUT2D eigenvalue weighted by molar-refractivity contribution is 7.15. The van der Waals surface area contributed by atoms with Crippen LogP contribution in [0.25, 0.3) is 0 Å². The fourth-order valence-electron chi connectivity index (χ4n) is 2.49. The maximum Gasteiger partial charge on any atom is 0.185 e. The second-order valence-corrected chi connectivity index (χ2v) is 7.50. The summed E-state index contributed by atoms with van der Waals surface area (Å²) in [5.41, 5.74) is 1.31. The number of thiazole rings is 1. The molecule has 1 aromatic rings. The maximum atomic E-state index is 4.99. The molecule has 1 fully saturated rings. The van der Waals surface area contributed by atoms with E-state index in [1.54, 1.807) is 0 Å². The Morgan fingerprint density at radius 2 is 1.86 bits per heavy atom. The summed E-state index contributed by atoms with van der Waals surface area (Å²) < 4.78 is 0. The maximum absolute atomic E-state index is 4.99. The van der Waals surface area contributed by atoms with Crippen LogP contribution in [-0.2, 0) is 6.54 Å². The van der Waals surface area contributed by atoms with Crippen molar-refractivity contribution in [1.82, 2.24) is 15.2 Å². The molecule has 2 rings (SSSR count). The first-order valence-electron chi connectivity index (χ1n) is 8.17. The van der Waals surface area contributed by atoms with Crippen LogP contribution in [0, 0.1) is 0 Å². The van der Waals surface area contributed by atoms with Crippen molar-refractivity contribution >= 4 is 16.5 Å². The van der Waals surface area contributed by atoms with E-state index in [0.29, 0.717) is 12.0 Å². The molecule has 1 N–H and O–H groups in total. The summed E-state index contributed by atoms with van der Waals surface area (Å²) >= 11 is 1.89. The van der Waals surface area contributed by atoms with Crippen molar-refractivity contribution in [2.75, 3.05) is 38.1 Å². The number of rotatable bonds is 6. The van der Waals surface area contributed by atoms with Crippen LogP contribution < -0.4 is 10.2 Å². The van der Waals surface area contributed by atoms with Gasteiger partial charge in [0.2, 0.25) is 0 Å². The van der Waals surface area contributed by atoms with Gasteiger partial charge in [0.25, 0.3) is 0 Å². The Morgan fingerprint density at radius 3 is 2.43 bits per heavy atom. The Morgan fingerprint density at radius 1 is 1.19 bits per heavy atom. The number of piperazine rings is 1. The number of aromatic nitrogens is 1. The standard InChI is InChI=1S/C16H30N4S/c1-6-13(4)15-14(11-17-12(2)3)21-16(18-15)20-9-7-19(5)8-10-20/h12-13,17H,6-11H2,1-5H3. The van der Waals surface area contributed by atoms with Crippen LogP contribution in [0.5, 0.6) is 0 Å². The molecular formula is C16H30N4S. The van der Waals surface area contributed by atoms with Crippen LogP contribution in [0.4, 0.5) is 5.13 Å². The van der Waals surface area contributed by atoms with Crippen molar-refractivity contribution in [3.05, 3.63) is 10.6 Å². The number of hydrogen-bond donors (Lipinski definition) is 1. The van der Waals surface area contributed by atoms with Gasteiger partial charge in [-0.2, -0.15) is 0 Å². The minimum Gasteiger partial charge on any atom is -0.346 e. The van der Waals surface area contributed by atoms with Crippen molar-refractivity contribution in [2.45, 2.75) is 52.6 Å². The molecule has 0 radical (unpaired) electrons. The Kier molecular flexibility index (Phi) is 6.02. The molecule has 2 heterocycles. The lowest BCUT2D eigenvalue weighted by molar-refractivity contribution is 0.312. The lowest BCUT2D eigenvalue weighted by Gasteiger charge is -2.32. The Labute approximate surface area is 133 Å². The predicted molar refractivity (Wildman–Crippen MR) is 92.5 cm³/mol. The van der Waals surface area contributed by atoms with E-state index in [1.165, 1.54) is 15.7 Å². The van der Waals surface area contributed by atoms with Gasteiger partial charge in [0.15, 0.2) is 5.13 Å². The number of nitrogens with zero attached hydrogens (tertiary/aromatic N) is 3. The van der Waals surface area contributed by atoms with E-state index in [1.807, 2.05) is 11.3 Å². The van der Waals surface area contributed by atoms with Gasteiger partial charge in [-0.25, -0.2) is 4.98 Å². The first-order chi connectivity index (χ1) is 10.0. The molecule has 0 spiro atoms. The lowest BCUT2D eigenvalue weighted by atomic mass is 10.0. The largest absolute Gasteiger partial charge is 0.346 e. The summed E-state index contributed by atoms with van der Waals surface area (Å²) in [4.78, 5) is 11.3. The van der Waals surface area contributed by atoms with Gasteiger partial charge in [0, 0.05) is 43.6 Å². The van der Waals surface area contributed by atoms with Crippen LogP contribution in [0.1, 0.15) is 50.6 Å². The van der Waals surface area contributed by atoms with Gasteiger partial charge in [0.1, 0.15) is 0 Å². The summed E-state index contributed by atoms with van der Waals surface area (Å²) in [6.07, 6.45) is 1.15. The first kappa shape index (κ1) is 16.7. The predicted octanol–water partition coefficient (Wildman–Crippen LogP) is 2.91. The van der Waals surface area contributed by atoms with Crippen LogP contribution in [0.15, 0.2) is 0 Å². The molecule has 1 aromatic heterocycles. The third-order valence-electron chi connectivity index (χ3n) is 4.24. The summed E-state index contributed by atoms with van der Waals surface area (Å²) in [5.74, 6) is 0.548. The molecule has 0 aliphatic carbocycles. The molecule has 120 valence electrons. The van der Waals surface area contributed by atoms with E-state index in [4.69, 9.17) is 4.98 Å². The fraction of sp³-hybridized carbons (Fsp3) is 0.812. The third kappa shape index (κ3) is 4.41. The number of hydrogen-bond acceptors (Lipinski definition) is 5. The van der Waals surface area contributed by atoms with Gasteiger partial charge in [-0.05, 0) is 19.4 Å². The molecule has 0 aromatic carbocycles. The zero-order valence-electron chi connectivity index (χ0n) is 14.1. The molecule has 21 heavy (non-hydrogen) atoms. The SMILES string of the molecule is CCC(C)c1nc(N2CCN(C)CC2)sc1CNC(C)C. The molecule has 0 amide bonds. The second-order valence-electron chi connectivity index (χ2n) is 6.44. The van der Waals surface area contributed by atoms with Crippen LogP contribution in [-0.4, -0.2) is 49.2 Å². The summed E-state index contributed by atoms with van der Waals surface area (Å²) in [6.45, 7) is 14.4. The van der Waals surface area contributed by atoms with Gasteiger partial charge in [-0.1, -0.05) is 27.7 Å². The van der Waals surface area contributed by atoms with E-state index in [9.17, 15) is 0 Å². The third-order valence-corrected chi connectivity index (χ3v) is 5.37. The average molecular weight is 311 g/mol. The Balaban J connectivity index is 2.14. The molecule has 5 heteroatoms. The van der Waals surface area contributed by atoms with Crippen molar-refractivity contribution in [3.8, 4) is 0 Å². The minimum atomic E-state index is 0.518. The second kappa shape index (κ2) is 7.56. The highest BCUT2D eigenvalue weighted by atomic mass is 32.1. The summed E-state index contributed by atoms with van der Waals surface area (Å²) in [6, 6.07) is 0.518. The van der Waals surface area contributed by atoms with Crippen LogP contribution in [0.3, 0.4) is 0 Å². The number of likely N-dealkylation sites (N-methyl/N-ethyl adjacent to an activating group) is 1. The molecule has 4 nitrogen and oxygen atoms in total. The fourth-order valence-corrected chi connectivity index (χ4v) is 3.67. The molecule has 0 saturated carbocycles. The van der Waals surface area contributed by atoms with Gasteiger partial charge < -0.3 is 15.1 Å². The van der Waals surface area contributed by atoms with E-state index in [0.717, 1.165) is 39.1 Å². The van der Waals surface area contributed by atoms with Crippen LogP contribution in [0.2, 0.25) is 0 Å². The van der Waals surface area contributed by atoms with Gasteiger partial charge in [-0.3, -0.25) is 0 Å². The normalized spacial score (nSPS) is 18.5. The van der Waals surface area contributed by atoms with Crippen LogP contribution >= 0.6 is 11.3 Å². The molecule has 1 saturated heterocycles. The first-order valence-corrected chi connectivity index (χ1v) is 8.99. The lowest BCUT2D eigenvalue weighted by Crippen LogP contribution is -2.44. The molecule has 1 unspecified atom stereocenters. The van der Waals surface area contributed by atoms with E-state index in [-0.39, 0.29) is 0 Å². The average Bonchev–Trinajstić information content (AvgIpc) is 2.89. The van der Waals surface area contributed by atoms with E-state index in [2.05, 4.69) is 49.9 Å². The topological polar surface area (TPSA) is 31.4 Å². The van der Waals surface area contributed by atoms with Gasteiger partial charge >= 0.3 is 0 Å². The van der Waals surface area contributed by atoms with Crippen molar-refractivity contribution in [2.24, 2.45) is 0 Å². The summed E-state index contributed by atoms with van der Waals surface area (Å²) in [7, 11) is 2.20. The van der Waals surface area contributed by atoms with Crippen molar-refractivity contribution in [3.63, 3.8) is 0 Å². The van der Waals surface area contributed by atoms with Gasteiger partial charge in [0.05, 0.1) is 5.69 Å². The monoisotopic (exact) mass is 310 g/mol. The Bertz CT molecular complexity index is 435.